The normalized spacial score (nSPS) is 22.2. The maximum Gasteiger partial charge on any atom is 0.250 e. The van der Waals surface area contributed by atoms with Crippen LogP contribution in [-0.4, -0.2) is 69.6 Å². The fourth-order valence-corrected chi connectivity index (χ4v) is 6.34. The van der Waals surface area contributed by atoms with Crippen LogP contribution in [0.15, 0.2) is 47.3 Å². The number of piperidine rings is 1. The van der Waals surface area contributed by atoms with Crippen LogP contribution in [0.25, 0.3) is 0 Å². The van der Waals surface area contributed by atoms with E-state index in [1.165, 1.54) is 17.8 Å². The Morgan fingerprint density at radius 1 is 1.00 bits per heavy atom. The first-order valence-electron chi connectivity index (χ1n) is 11.4. The Hall–Kier alpha value is -2.39. The van der Waals surface area contributed by atoms with Crippen molar-refractivity contribution >= 4 is 39.9 Å². The van der Waals surface area contributed by atoms with Gasteiger partial charge >= 0.3 is 0 Å². The predicted octanol–water partition coefficient (Wildman–Crippen LogP) is 2.77. The Labute approximate surface area is 202 Å². The average Bonchev–Trinajstić information content (AvgIpc) is 2.83. The number of fused-ring (bicyclic) bond motifs is 4. The summed E-state index contributed by atoms with van der Waals surface area (Å²) >= 11 is 7.12. The Kier molecular flexibility index (Phi) is 6.42. The molecular weight excluding hydrogens is 459 g/mol. The molecule has 5 rings (SSSR count). The van der Waals surface area contributed by atoms with Gasteiger partial charge < -0.3 is 19.3 Å². The molecule has 2 bridgehead atoms. The number of rotatable bonds is 3. The van der Waals surface area contributed by atoms with Crippen molar-refractivity contribution in [2.75, 3.05) is 49.9 Å². The first-order chi connectivity index (χ1) is 16.0. The van der Waals surface area contributed by atoms with Gasteiger partial charge in [-0.3, -0.25) is 9.59 Å². The third kappa shape index (κ3) is 4.66. The zero-order valence-corrected chi connectivity index (χ0v) is 20.0. The van der Waals surface area contributed by atoms with Gasteiger partial charge in [-0.25, -0.2) is 4.39 Å². The van der Waals surface area contributed by atoms with Crippen molar-refractivity contribution in [3.8, 4) is 0 Å². The molecule has 3 aliphatic rings. The van der Waals surface area contributed by atoms with Crippen LogP contribution < -0.4 is 10.5 Å². The molecule has 0 radical (unpaired) electrons. The molecule has 0 saturated carbocycles. The number of para-hydroxylation sites is 1. The van der Waals surface area contributed by atoms with Crippen LogP contribution >= 0.6 is 24.0 Å². The summed E-state index contributed by atoms with van der Waals surface area (Å²) in [5, 5.41) is 0. The first kappa shape index (κ1) is 22.4. The average molecular weight is 487 g/mol. The second-order valence-electron chi connectivity index (χ2n) is 8.98. The molecule has 0 aliphatic carbocycles. The second kappa shape index (κ2) is 9.46. The van der Waals surface area contributed by atoms with Gasteiger partial charge in [-0.05, 0) is 30.5 Å². The molecular formula is C24H27FN4O2S2. The molecule has 9 heteroatoms. The Bertz CT molecular complexity index is 1120. The van der Waals surface area contributed by atoms with Crippen LogP contribution in [0.5, 0.6) is 0 Å². The second-order valence-corrected chi connectivity index (χ2v) is 10.6. The summed E-state index contributed by atoms with van der Waals surface area (Å²) in [6.45, 7) is 4.77. The first-order valence-corrected chi connectivity index (χ1v) is 12.8. The maximum absolute atomic E-state index is 14.0. The maximum atomic E-state index is 14.0. The molecule has 6 nitrogen and oxygen atoms in total. The number of aromatic nitrogens is 1. The van der Waals surface area contributed by atoms with Gasteiger partial charge in [0.05, 0.1) is 11.4 Å². The lowest BCUT2D eigenvalue weighted by Gasteiger charge is -2.43. The van der Waals surface area contributed by atoms with Gasteiger partial charge in [0.25, 0.3) is 5.56 Å². The number of thioether (sulfide) groups is 1. The third-order valence-electron chi connectivity index (χ3n) is 6.88. The standard InChI is InChI=1S/C24H27FN4O2S2/c25-19-4-1-2-5-21(19)26-8-10-27(11-9-26)23(31)16-33-24(32)28-13-17-12-18(15-28)20-6-3-7-22(30)29(20)14-17/h1-7,17-18H,8-16H2/t17-,18-/m1/s1. The molecule has 33 heavy (non-hydrogen) atoms. The zero-order valence-electron chi connectivity index (χ0n) is 18.4. The number of pyridine rings is 1. The Morgan fingerprint density at radius 2 is 1.79 bits per heavy atom. The van der Waals surface area contributed by atoms with Gasteiger partial charge in [0, 0.05) is 63.5 Å². The summed E-state index contributed by atoms with van der Waals surface area (Å²) < 4.78 is 16.7. The number of carbonyl (C=O) groups is 1. The van der Waals surface area contributed by atoms with Gasteiger partial charge in [-0.15, -0.1) is 0 Å². The van der Waals surface area contributed by atoms with Crippen LogP contribution in [0.4, 0.5) is 10.1 Å². The van der Waals surface area contributed by atoms with E-state index in [1.54, 1.807) is 18.2 Å². The number of benzene rings is 1. The largest absolute Gasteiger partial charge is 0.366 e. The minimum atomic E-state index is -0.225. The topological polar surface area (TPSA) is 48.8 Å². The van der Waals surface area contributed by atoms with Crippen molar-refractivity contribution in [2.45, 2.75) is 18.9 Å². The molecule has 3 aliphatic heterocycles. The molecule has 2 fully saturated rings. The highest BCUT2D eigenvalue weighted by Crippen LogP contribution is 2.36. The molecule has 0 unspecified atom stereocenters. The number of thiocarbonyl (C=S) groups is 1. The van der Waals surface area contributed by atoms with Gasteiger partial charge in [0.15, 0.2) is 0 Å². The van der Waals surface area contributed by atoms with Crippen molar-refractivity contribution in [1.82, 2.24) is 14.4 Å². The van der Waals surface area contributed by atoms with Crippen LogP contribution in [0.2, 0.25) is 0 Å². The van der Waals surface area contributed by atoms with E-state index in [4.69, 9.17) is 12.2 Å². The molecule has 1 aromatic heterocycles. The summed E-state index contributed by atoms with van der Waals surface area (Å²) in [5.41, 5.74) is 1.77. The quantitative estimate of drug-likeness (QED) is 0.622. The number of hydrogen-bond acceptors (Lipinski definition) is 5. The highest BCUT2D eigenvalue weighted by Gasteiger charge is 2.35. The highest BCUT2D eigenvalue weighted by molar-refractivity contribution is 8.23. The van der Waals surface area contributed by atoms with Crippen molar-refractivity contribution in [3.63, 3.8) is 0 Å². The lowest BCUT2D eigenvalue weighted by Crippen LogP contribution is -2.50. The Morgan fingerprint density at radius 3 is 2.58 bits per heavy atom. The van der Waals surface area contributed by atoms with Crippen molar-refractivity contribution in [1.29, 1.82) is 0 Å². The lowest BCUT2D eigenvalue weighted by molar-refractivity contribution is -0.128. The van der Waals surface area contributed by atoms with Gasteiger partial charge in [-0.2, -0.15) is 0 Å². The number of nitrogens with zero attached hydrogens (tertiary/aromatic N) is 4. The molecule has 2 aromatic rings. The van der Waals surface area contributed by atoms with E-state index in [-0.39, 0.29) is 17.3 Å². The molecule has 2 saturated heterocycles. The van der Waals surface area contributed by atoms with Crippen LogP contribution in [0.3, 0.4) is 0 Å². The molecule has 1 amide bonds. The number of amides is 1. The smallest absolute Gasteiger partial charge is 0.250 e. The molecule has 2 atom stereocenters. The molecule has 4 heterocycles. The van der Waals surface area contributed by atoms with E-state index in [9.17, 15) is 14.0 Å². The summed E-state index contributed by atoms with van der Waals surface area (Å²) in [6, 6.07) is 12.3. The van der Waals surface area contributed by atoms with Gasteiger partial charge in [0.2, 0.25) is 5.91 Å². The third-order valence-corrected chi connectivity index (χ3v) is 8.39. The summed E-state index contributed by atoms with van der Waals surface area (Å²) in [6.07, 6.45) is 1.08. The molecule has 174 valence electrons. The van der Waals surface area contributed by atoms with Crippen LogP contribution in [0, 0.1) is 11.7 Å². The number of piperazine rings is 1. The zero-order chi connectivity index (χ0) is 22.9. The SMILES string of the molecule is O=C(CSC(=S)N1C[C@H]2C[C@H](C1)c1cccc(=O)n1C2)N1CCN(c2ccccc2F)CC1. The summed E-state index contributed by atoms with van der Waals surface area (Å²) in [4.78, 5) is 31.1. The minimum Gasteiger partial charge on any atom is -0.366 e. The number of anilines is 1. The predicted molar refractivity (Wildman–Crippen MR) is 133 cm³/mol. The van der Waals surface area contributed by atoms with Crippen LogP contribution in [0.1, 0.15) is 18.0 Å². The van der Waals surface area contributed by atoms with Gasteiger partial charge in [0.1, 0.15) is 10.1 Å². The minimum absolute atomic E-state index is 0.0737. The van der Waals surface area contributed by atoms with Crippen molar-refractivity contribution in [3.05, 3.63) is 64.3 Å². The number of halogens is 1. The molecule has 0 N–H and O–H groups in total. The van der Waals surface area contributed by atoms with E-state index in [0.29, 0.717) is 49.5 Å². The van der Waals surface area contributed by atoms with Crippen molar-refractivity contribution in [2.24, 2.45) is 5.92 Å². The Balaban J connectivity index is 1.13. The fraction of sp³-hybridized carbons (Fsp3) is 0.458. The number of carbonyl (C=O) groups excluding carboxylic acids is 1. The van der Waals surface area contributed by atoms with Crippen LogP contribution in [-0.2, 0) is 11.3 Å². The van der Waals surface area contributed by atoms with E-state index < -0.39 is 0 Å². The fourth-order valence-electron chi connectivity index (χ4n) is 5.26. The van der Waals surface area contributed by atoms with Gasteiger partial charge in [-0.1, -0.05) is 42.2 Å². The van der Waals surface area contributed by atoms with E-state index in [0.717, 1.165) is 36.1 Å². The van der Waals surface area contributed by atoms with Crippen molar-refractivity contribution < 1.29 is 9.18 Å². The number of hydrogen-bond donors (Lipinski definition) is 0. The monoisotopic (exact) mass is 486 g/mol. The lowest BCUT2D eigenvalue weighted by atomic mass is 9.83. The highest BCUT2D eigenvalue weighted by atomic mass is 32.2. The molecule has 0 spiro atoms. The van der Waals surface area contributed by atoms with E-state index in [2.05, 4.69) is 4.90 Å². The summed E-state index contributed by atoms with van der Waals surface area (Å²) in [7, 11) is 0. The number of likely N-dealkylation sites (tertiary alicyclic amines) is 1. The summed E-state index contributed by atoms with van der Waals surface area (Å²) in [5.74, 6) is 0.867. The molecule has 1 aromatic carbocycles. The van der Waals surface area contributed by atoms with E-state index in [1.807, 2.05) is 32.6 Å². The van der Waals surface area contributed by atoms with E-state index >= 15 is 0 Å².